The largest absolute Gasteiger partial charge is 0.456 e. The molecule has 0 fully saturated rings. The van der Waals surface area contributed by atoms with Crippen molar-refractivity contribution in [1.29, 1.82) is 0 Å². The van der Waals surface area contributed by atoms with Gasteiger partial charge in [-0.15, -0.1) is 22.7 Å². The topological polar surface area (TPSA) is 21.3 Å². The number of benzene rings is 8. The molecule has 3 nitrogen and oxygen atoms in total. The number of furan rings is 1. The maximum atomic E-state index is 6.57. The smallest absolute Gasteiger partial charge is 0.333 e. The number of hydrogen-bond donors (Lipinski definition) is 0. The van der Waals surface area contributed by atoms with Crippen molar-refractivity contribution in [2.75, 3.05) is 4.81 Å². The number of para-hydroxylation sites is 1. The summed E-state index contributed by atoms with van der Waals surface area (Å²) in [4.78, 5) is 2.69. The van der Waals surface area contributed by atoms with E-state index in [-0.39, 0.29) is 17.7 Å². The second-order valence-corrected chi connectivity index (χ2v) is 21.9. The number of fused-ring (bicyclic) bond motifs is 18. The van der Waals surface area contributed by atoms with Crippen LogP contribution in [0.2, 0.25) is 0 Å². The molecule has 0 saturated carbocycles. The fraction of sp³-hybridized carbons (Fsp3) is 0.143. The molecular weight excluding hydrogens is 792 g/mol. The Morgan fingerprint density at radius 2 is 1.15 bits per heavy atom. The molecule has 0 atom stereocenters. The lowest BCUT2D eigenvalue weighted by molar-refractivity contribution is 0.590. The third-order valence-electron chi connectivity index (χ3n) is 14.1. The zero-order valence-electron chi connectivity index (χ0n) is 35.5. The van der Waals surface area contributed by atoms with Crippen molar-refractivity contribution in [3.63, 3.8) is 0 Å². The molecular formula is C56H41BN2OS2. The van der Waals surface area contributed by atoms with Gasteiger partial charge < -0.3 is 13.8 Å². The van der Waals surface area contributed by atoms with E-state index in [9.17, 15) is 0 Å². The summed E-state index contributed by atoms with van der Waals surface area (Å²) in [6.45, 7) is 13.8. The molecule has 296 valence electrons. The van der Waals surface area contributed by atoms with E-state index >= 15 is 0 Å². The Morgan fingerprint density at radius 1 is 0.484 bits per heavy atom. The summed E-state index contributed by atoms with van der Waals surface area (Å²) in [5.41, 5.74) is 16.2. The number of thiophene rings is 2. The van der Waals surface area contributed by atoms with Crippen LogP contribution in [-0.2, 0) is 10.8 Å². The van der Waals surface area contributed by atoms with Gasteiger partial charge in [-0.05, 0) is 99.1 Å². The van der Waals surface area contributed by atoms with Gasteiger partial charge in [0.1, 0.15) is 11.2 Å². The van der Waals surface area contributed by atoms with Gasteiger partial charge in [0.2, 0.25) is 0 Å². The third kappa shape index (κ3) is 4.56. The summed E-state index contributed by atoms with van der Waals surface area (Å²) in [7, 11) is 0. The highest BCUT2D eigenvalue weighted by molar-refractivity contribution is 7.26. The van der Waals surface area contributed by atoms with Crippen molar-refractivity contribution in [1.82, 2.24) is 4.57 Å². The van der Waals surface area contributed by atoms with Crippen LogP contribution in [0.4, 0.5) is 11.4 Å². The zero-order valence-corrected chi connectivity index (χ0v) is 37.1. The molecule has 0 aliphatic carbocycles. The summed E-state index contributed by atoms with van der Waals surface area (Å²) >= 11 is 3.83. The minimum absolute atomic E-state index is 0.0405. The van der Waals surface area contributed by atoms with Crippen molar-refractivity contribution >= 4 is 136 Å². The second kappa shape index (κ2) is 11.8. The lowest BCUT2D eigenvalue weighted by Crippen LogP contribution is -2.60. The summed E-state index contributed by atoms with van der Waals surface area (Å²) < 4.78 is 14.5. The summed E-state index contributed by atoms with van der Waals surface area (Å²) in [5.74, 6) is 0. The highest BCUT2D eigenvalue weighted by Gasteiger charge is 2.45. The fourth-order valence-electron chi connectivity index (χ4n) is 11.1. The molecule has 0 radical (unpaired) electrons. The van der Waals surface area contributed by atoms with E-state index < -0.39 is 0 Å². The van der Waals surface area contributed by atoms with Gasteiger partial charge in [0.15, 0.2) is 0 Å². The third-order valence-corrected chi connectivity index (χ3v) is 16.3. The summed E-state index contributed by atoms with van der Waals surface area (Å²) in [6, 6.07) is 53.5. The molecule has 0 N–H and O–H groups in total. The molecule has 4 aromatic heterocycles. The van der Waals surface area contributed by atoms with Crippen molar-refractivity contribution in [3.8, 4) is 16.8 Å². The Bertz CT molecular complexity index is 3960. The van der Waals surface area contributed by atoms with E-state index in [2.05, 4.69) is 190 Å². The van der Waals surface area contributed by atoms with Crippen LogP contribution in [0, 0.1) is 0 Å². The molecule has 12 aromatic rings. The van der Waals surface area contributed by atoms with Gasteiger partial charge in [-0.3, -0.25) is 0 Å². The van der Waals surface area contributed by atoms with Crippen LogP contribution in [0.3, 0.4) is 0 Å². The number of anilines is 2. The highest BCUT2D eigenvalue weighted by atomic mass is 32.1. The molecule has 6 heteroatoms. The van der Waals surface area contributed by atoms with E-state index in [1.54, 1.807) is 0 Å². The molecule has 0 spiro atoms. The molecule has 0 unspecified atom stereocenters. The Labute approximate surface area is 367 Å². The standard InChI is InChI=1S/C56H41BN2OS2/c1-55(2,3)30-15-18-32(19-16-30)59-43-28-49-39(34-20-17-31(56(4,5)6)25-48(34)62-49)26-38(43)35-21-22-37-51-42(23-24-46-52(51)36-12-7-9-13-45(36)60-46)58-44-29-50-40(33-11-8-10-14-47(33)61-50)27-41(44)57(59)53(35)54(37)58/h7-29H,1-6H3. The number of hydrogen-bond acceptors (Lipinski definition) is 4. The summed E-state index contributed by atoms with van der Waals surface area (Å²) in [6.07, 6.45) is 0. The van der Waals surface area contributed by atoms with E-state index in [1.165, 1.54) is 118 Å². The van der Waals surface area contributed by atoms with Crippen LogP contribution >= 0.6 is 22.7 Å². The normalized spacial score (nSPS) is 13.9. The number of nitrogens with zero attached hydrogens (tertiary/aromatic N) is 2. The van der Waals surface area contributed by atoms with E-state index in [0.29, 0.717) is 0 Å². The molecule has 0 amide bonds. The van der Waals surface area contributed by atoms with Gasteiger partial charge in [0.05, 0.1) is 11.0 Å². The fourth-order valence-corrected chi connectivity index (χ4v) is 13.3. The molecule has 62 heavy (non-hydrogen) atoms. The van der Waals surface area contributed by atoms with Gasteiger partial charge in [-0.1, -0.05) is 120 Å². The SMILES string of the molecule is CC(C)(C)c1ccc(N2B3c4cc5c(cc4-n4c6ccc7oc8ccccc8c7c6c6ccc(c3c64)-c3cc4c(cc32)sc2cc(C(C)(C)C)ccc24)sc2ccccc25)cc1. The van der Waals surface area contributed by atoms with Crippen molar-refractivity contribution in [2.45, 2.75) is 52.4 Å². The van der Waals surface area contributed by atoms with Gasteiger partial charge in [0, 0.05) is 84.5 Å². The Kier molecular flexibility index (Phi) is 6.70. The molecule has 0 saturated heterocycles. The maximum absolute atomic E-state index is 6.57. The molecule has 8 aromatic carbocycles. The van der Waals surface area contributed by atoms with Gasteiger partial charge in [-0.2, -0.15) is 0 Å². The average Bonchev–Trinajstić information content (AvgIpc) is 4.02. The van der Waals surface area contributed by atoms with Crippen LogP contribution in [0.5, 0.6) is 0 Å². The van der Waals surface area contributed by atoms with Crippen molar-refractivity contribution < 1.29 is 4.42 Å². The first-order valence-electron chi connectivity index (χ1n) is 21.8. The maximum Gasteiger partial charge on any atom is 0.333 e. The first-order chi connectivity index (χ1) is 30.0. The van der Waals surface area contributed by atoms with E-state index in [1.807, 2.05) is 22.7 Å². The van der Waals surface area contributed by atoms with Crippen LogP contribution in [0.15, 0.2) is 144 Å². The van der Waals surface area contributed by atoms with Crippen LogP contribution in [0.25, 0.3) is 101 Å². The minimum atomic E-state index is -0.0764. The van der Waals surface area contributed by atoms with Crippen LogP contribution < -0.4 is 15.7 Å². The Morgan fingerprint density at radius 3 is 1.95 bits per heavy atom. The Balaban J connectivity index is 1.16. The molecule has 6 heterocycles. The van der Waals surface area contributed by atoms with Crippen LogP contribution in [0.1, 0.15) is 52.7 Å². The first-order valence-corrected chi connectivity index (χ1v) is 23.4. The molecule has 0 bridgehead atoms. The predicted molar refractivity (Wildman–Crippen MR) is 270 cm³/mol. The van der Waals surface area contributed by atoms with Gasteiger partial charge >= 0.3 is 6.85 Å². The molecule has 2 aliphatic heterocycles. The number of rotatable bonds is 1. The zero-order chi connectivity index (χ0) is 41.6. The highest BCUT2D eigenvalue weighted by Crippen LogP contribution is 2.51. The molecule has 2 aliphatic rings. The van der Waals surface area contributed by atoms with E-state index in [4.69, 9.17) is 4.42 Å². The van der Waals surface area contributed by atoms with Crippen LogP contribution in [-0.4, -0.2) is 11.4 Å². The monoisotopic (exact) mass is 832 g/mol. The van der Waals surface area contributed by atoms with E-state index in [0.717, 1.165) is 16.6 Å². The van der Waals surface area contributed by atoms with Gasteiger partial charge in [-0.25, -0.2) is 0 Å². The van der Waals surface area contributed by atoms with Crippen molar-refractivity contribution in [3.05, 3.63) is 151 Å². The second-order valence-electron chi connectivity index (χ2n) is 19.7. The van der Waals surface area contributed by atoms with Gasteiger partial charge in [0.25, 0.3) is 0 Å². The predicted octanol–water partition coefficient (Wildman–Crippen LogP) is 15.3. The number of aromatic nitrogens is 1. The van der Waals surface area contributed by atoms with Crippen molar-refractivity contribution in [2.24, 2.45) is 0 Å². The average molecular weight is 833 g/mol. The quantitative estimate of drug-likeness (QED) is 0.154. The summed E-state index contributed by atoms with van der Waals surface area (Å²) in [5, 5.41) is 10.2. The lowest BCUT2D eigenvalue weighted by Gasteiger charge is -2.42. The lowest BCUT2D eigenvalue weighted by atomic mass is 9.44. The first kappa shape index (κ1) is 35.3. The Hall–Kier alpha value is -6.34. The molecule has 14 rings (SSSR count). The minimum Gasteiger partial charge on any atom is -0.456 e.